The number of phenolic OH excluding ortho intramolecular Hbond substituents is 1. The van der Waals surface area contributed by atoms with E-state index in [4.69, 9.17) is 9.47 Å². The summed E-state index contributed by atoms with van der Waals surface area (Å²) in [5, 5.41) is 16.4. The summed E-state index contributed by atoms with van der Waals surface area (Å²) < 4.78 is 23.9. The van der Waals surface area contributed by atoms with Crippen molar-refractivity contribution in [1.29, 1.82) is 0 Å². The number of phenols is 1. The van der Waals surface area contributed by atoms with Gasteiger partial charge >= 0.3 is 0 Å². The minimum Gasteiger partial charge on any atom is -0.508 e. The highest BCUT2D eigenvalue weighted by Crippen LogP contribution is 2.24. The lowest BCUT2D eigenvalue weighted by atomic mass is 10.1. The summed E-state index contributed by atoms with van der Waals surface area (Å²) in [5.74, 6) is 1.21. The zero-order chi connectivity index (χ0) is 19.8. The van der Waals surface area contributed by atoms with E-state index in [-0.39, 0.29) is 17.5 Å². The van der Waals surface area contributed by atoms with Gasteiger partial charge in [-0.3, -0.25) is 4.99 Å². The number of benzene rings is 2. The lowest BCUT2D eigenvalue weighted by Gasteiger charge is -2.19. The fraction of sp³-hybridized carbons (Fsp3) is 0.350. The van der Waals surface area contributed by atoms with Crippen molar-refractivity contribution in [3.8, 4) is 17.2 Å². The number of ether oxygens (including phenoxy) is 2. The molecule has 1 atom stereocenters. The molecule has 0 aliphatic carbocycles. The summed E-state index contributed by atoms with van der Waals surface area (Å²) in [6, 6.07) is 9.93. The lowest BCUT2D eigenvalue weighted by molar-refractivity contribution is 0.386. The van der Waals surface area contributed by atoms with E-state index in [1.54, 1.807) is 26.3 Å². The quantitative estimate of drug-likeness (QED) is 0.512. The van der Waals surface area contributed by atoms with Crippen LogP contribution in [-0.4, -0.2) is 38.9 Å². The molecule has 2 aromatic rings. The van der Waals surface area contributed by atoms with Crippen LogP contribution in [0.1, 0.15) is 24.1 Å². The zero-order valence-corrected chi connectivity index (χ0v) is 16.0. The summed E-state index contributed by atoms with van der Waals surface area (Å²) in [4.78, 5) is 4.18. The van der Waals surface area contributed by atoms with Crippen LogP contribution in [0, 0.1) is 5.82 Å². The van der Waals surface area contributed by atoms with Crippen molar-refractivity contribution in [3.63, 3.8) is 0 Å². The summed E-state index contributed by atoms with van der Waals surface area (Å²) in [6.45, 7) is 2.49. The molecule has 0 saturated heterocycles. The maximum absolute atomic E-state index is 13.9. The fourth-order valence-electron chi connectivity index (χ4n) is 2.63. The van der Waals surface area contributed by atoms with Crippen molar-refractivity contribution >= 4 is 5.96 Å². The Morgan fingerprint density at radius 3 is 2.56 bits per heavy atom. The van der Waals surface area contributed by atoms with Crippen LogP contribution in [0.4, 0.5) is 4.39 Å². The monoisotopic (exact) mass is 375 g/mol. The maximum Gasteiger partial charge on any atom is 0.191 e. The summed E-state index contributed by atoms with van der Waals surface area (Å²) in [5.41, 5.74) is 1.59. The van der Waals surface area contributed by atoms with Crippen LogP contribution >= 0.6 is 0 Å². The molecule has 7 heteroatoms. The second-order valence-corrected chi connectivity index (χ2v) is 6.00. The number of hydrogen-bond acceptors (Lipinski definition) is 4. The van der Waals surface area contributed by atoms with Gasteiger partial charge in [-0.25, -0.2) is 4.39 Å². The van der Waals surface area contributed by atoms with Crippen LogP contribution < -0.4 is 20.1 Å². The highest BCUT2D eigenvalue weighted by Gasteiger charge is 2.11. The smallest absolute Gasteiger partial charge is 0.191 e. The van der Waals surface area contributed by atoms with Crippen LogP contribution in [0.3, 0.4) is 0 Å². The third-order valence-electron chi connectivity index (χ3n) is 4.23. The first-order valence-corrected chi connectivity index (χ1v) is 8.65. The Labute approximate surface area is 159 Å². The second-order valence-electron chi connectivity index (χ2n) is 6.00. The van der Waals surface area contributed by atoms with Crippen LogP contribution in [0.15, 0.2) is 41.4 Å². The van der Waals surface area contributed by atoms with E-state index in [2.05, 4.69) is 15.6 Å². The van der Waals surface area contributed by atoms with Gasteiger partial charge in [0.05, 0.1) is 20.3 Å². The highest BCUT2D eigenvalue weighted by molar-refractivity contribution is 5.80. The Morgan fingerprint density at radius 2 is 1.96 bits per heavy atom. The van der Waals surface area contributed by atoms with Crippen molar-refractivity contribution in [2.24, 2.45) is 4.99 Å². The Hall–Kier alpha value is -2.96. The van der Waals surface area contributed by atoms with Crippen molar-refractivity contribution in [1.82, 2.24) is 10.6 Å². The lowest BCUT2D eigenvalue weighted by Crippen LogP contribution is -2.39. The van der Waals surface area contributed by atoms with Crippen LogP contribution in [0.2, 0.25) is 0 Å². The summed E-state index contributed by atoms with van der Waals surface area (Å²) in [7, 11) is 4.66. The molecule has 0 bridgehead atoms. The molecular weight excluding hydrogens is 349 g/mol. The van der Waals surface area contributed by atoms with Crippen LogP contribution in [0.5, 0.6) is 17.2 Å². The first-order chi connectivity index (χ1) is 13.0. The van der Waals surface area contributed by atoms with Crippen LogP contribution in [0.25, 0.3) is 0 Å². The Morgan fingerprint density at radius 1 is 1.19 bits per heavy atom. The van der Waals surface area contributed by atoms with Crippen molar-refractivity contribution in [2.45, 2.75) is 19.4 Å². The normalized spacial score (nSPS) is 12.4. The van der Waals surface area contributed by atoms with Gasteiger partial charge in [0.1, 0.15) is 11.5 Å². The molecule has 0 aliphatic rings. The van der Waals surface area contributed by atoms with E-state index in [9.17, 15) is 9.50 Å². The maximum atomic E-state index is 13.9. The molecule has 0 spiro atoms. The molecule has 146 valence electrons. The van der Waals surface area contributed by atoms with Gasteiger partial charge in [0, 0.05) is 19.7 Å². The predicted molar refractivity (Wildman–Crippen MR) is 104 cm³/mol. The number of nitrogens with one attached hydrogen (secondary N) is 2. The van der Waals surface area contributed by atoms with Gasteiger partial charge in [-0.1, -0.05) is 12.1 Å². The molecule has 0 aliphatic heterocycles. The molecule has 6 nitrogen and oxygen atoms in total. The average molecular weight is 375 g/mol. The number of aliphatic imine (C=N–C) groups is 1. The zero-order valence-electron chi connectivity index (χ0n) is 16.0. The Balaban J connectivity index is 1.91. The van der Waals surface area contributed by atoms with Gasteiger partial charge < -0.3 is 25.2 Å². The molecule has 0 fully saturated rings. The molecular formula is C20H26FN3O3. The number of rotatable bonds is 7. The largest absolute Gasteiger partial charge is 0.508 e. The number of hydrogen-bond donors (Lipinski definition) is 3. The number of aromatic hydroxyl groups is 1. The van der Waals surface area contributed by atoms with Gasteiger partial charge in [0.15, 0.2) is 17.5 Å². The van der Waals surface area contributed by atoms with Crippen molar-refractivity contribution < 1.29 is 19.0 Å². The van der Waals surface area contributed by atoms with E-state index < -0.39 is 5.82 Å². The van der Waals surface area contributed by atoms with Gasteiger partial charge in [0.25, 0.3) is 0 Å². The SMILES string of the molecule is CN=C(NCCc1ccc(OC)cc1O)NC(C)c1ccc(OC)c(F)c1. The van der Waals surface area contributed by atoms with Gasteiger partial charge in [-0.15, -0.1) is 0 Å². The highest BCUT2D eigenvalue weighted by atomic mass is 19.1. The molecule has 0 radical (unpaired) electrons. The second kappa shape index (κ2) is 9.66. The Kier molecular flexibility index (Phi) is 7.28. The van der Waals surface area contributed by atoms with E-state index in [0.29, 0.717) is 24.7 Å². The fourth-order valence-corrected chi connectivity index (χ4v) is 2.63. The summed E-state index contributed by atoms with van der Waals surface area (Å²) in [6.07, 6.45) is 0.613. The summed E-state index contributed by atoms with van der Waals surface area (Å²) >= 11 is 0. The first-order valence-electron chi connectivity index (χ1n) is 8.65. The van der Waals surface area contributed by atoms with E-state index in [1.165, 1.54) is 13.2 Å². The number of methoxy groups -OCH3 is 2. The first kappa shape index (κ1) is 20.4. The molecule has 0 aromatic heterocycles. The molecule has 2 aromatic carbocycles. The minimum atomic E-state index is -0.401. The molecule has 27 heavy (non-hydrogen) atoms. The molecule has 1 unspecified atom stereocenters. The third-order valence-corrected chi connectivity index (χ3v) is 4.23. The molecule has 0 amide bonds. The predicted octanol–water partition coefficient (Wildman–Crippen LogP) is 3.02. The van der Waals surface area contributed by atoms with Gasteiger partial charge in [-0.2, -0.15) is 0 Å². The topological polar surface area (TPSA) is 75.1 Å². The number of guanidine groups is 1. The number of nitrogens with zero attached hydrogens (tertiary/aromatic N) is 1. The van der Waals surface area contributed by atoms with Crippen molar-refractivity contribution in [3.05, 3.63) is 53.3 Å². The Bertz CT molecular complexity index is 796. The van der Waals surface area contributed by atoms with E-state index >= 15 is 0 Å². The molecule has 3 N–H and O–H groups in total. The van der Waals surface area contributed by atoms with E-state index in [1.807, 2.05) is 25.1 Å². The van der Waals surface area contributed by atoms with Crippen LogP contribution in [-0.2, 0) is 6.42 Å². The van der Waals surface area contributed by atoms with Gasteiger partial charge in [0.2, 0.25) is 0 Å². The molecule has 0 saturated carbocycles. The van der Waals surface area contributed by atoms with E-state index in [0.717, 1.165) is 11.1 Å². The van der Waals surface area contributed by atoms with Gasteiger partial charge in [-0.05, 0) is 42.7 Å². The standard InChI is InChI=1S/C20H26FN3O3/c1-13(15-6-8-19(27-4)17(21)11-15)24-20(22-2)23-10-9-14-5-7-16(26-3)12-18(14)25/h5-8,11-13,25H,9-10H2,1-4H3,(H2,22,23,24). The molecule has 2 rings (SSSR count). The molecule has 0 heterocycles. The number of halogens is 1. The minimum absolute atomic E-state index is 0.147. The third kappa shape index (κ3) is 5.51. The average Bonchev–Trinajstić information content (AvgIpc) is 2.67. The van der Waals surface area contributed by atoms with Crippen molar-refractivity contribution in [2.75, 3.05) is 27.8 Å².